The first-order chi connectivity index (χ1) is 9.08. The Hall–Kier alpha value is -0.930. The van der Waals surface area contributed by atoms with Gasteiger partial charge >= 0.3 is 0 Å². The number of nitrogens with one attached hydrogen (secondary N) is 1. The fraction of sp³-hybridized carbons (Fsp3) is 0.625. The summed E-state index contributed by atoms with van der Waals surface area (Å²) in [6.07, 6.45) is 5.05. The SMILES string of the molecule is Cc1ccc(C(C)NC2CCCCCC2O)cc1F. The van der Waals surface area contributed by atoms with Crippen molar-refractivity contribution in [2.24, 2.45) is 0 Å². The average Bonchev–Trinajstić information content (AvgIpc) is 2.58. The van der Waals surface area contributed by atoms with Crippen LogP contribution in [0.2, 0.25) is 0 Å². The summed E-state index contributed by atoms with van der Waals surface area (Å²) < 4.78 is 13.6. The molecule has 0 heterocycles. The van der Waals surface area contributed by atoms with Gasteiger partial charge in [-0.25, -0.2) is 4.39 Å². The zero-order valence-electron chi connectivity index (χ0n) is 11.8. The van der Waals surface area contributed by atoms with Crippen molar-refractivity contribution in [3.63, 3.8) is 0 Å². The molecule has 2 rings (SSSR count). The summed E-state index contributed by atoms with van der Waals surface area (Å²) in [7, 11) is 0. The number of rotatable bonds is 3. The van der Waals surface area contributed by atoms with E-state index >= 15 is 0 Å². The third-order valence-corrected chi connectivity index (χ3v) is 4.14. The summed E-state index contributed by atoms with van der Waals surface area (Å²) in [6, 6.07) is 5.55. The molecule has 3 atom stereocenters. The van der Waals surface area contributed by atoms with E-state index in [1.807, 2.05) is 19.1 Å². The van der Waals surface area contributed by atoms with Gasteiger partial charge < -0.3 is 10.4 Å². The standard InChI is InChI=1S/C16H24FNO/c1-11-8-9-13(10-14(11)17)12(2)18-15-6-4-3-5-7-16(15)19/h8-10,12,15-16,18-19H,3-7H2,1-2H3. The molecular formula is C16H24FNO. The van der Waals surface area contributed by atoms with Gasteiger partial charge in [-0.2, -0.15) is 0 Å². The predicted molar refractivity (Wildman–Crippen MR) is 75.6 cm³/mol. The Kier molecular flexibility index (Phi) is 4.94. The first-order valence-corrected chi connectivity index (χ1v) is 7.28. The van der Waals surface area contributed by atoms with Gasteiger partial charge in [0.05, 0.1) is 6.10 Å². The van der Waals surface area contributed by atoms with E-state index < -0.39 is 0 Å². The number of hydrogen-bond acceptors (Lipinski definition) is 2. The molecule has 1 saturated carbocycles. The average molecular weight is 265 g/mol. The molecule has 19 heavy (non-hydrogen) atoms. The predicted octanol–water partition coefficient (Wildman–Crippen LogP) is 3.48. The molecule has 2 nitrogen and oxygen atoms in total. The second-order valence-corrected chi connectivity index (χ2v) is 5.71. The summed E-state index contributed by atoms with van der Waals surface area (Å²) in [6.45, 7) is 3.80. The quantitative estimate of drug-likeness (QED) is 0.820. The highest BCUT2D eigenvalue weighted by Gasteiger charge is 2.23. The van der Waals surface area contributed by atoms with Crippen molar-refractivity contribution in [1.29, 1.82) is 0 Å². The minimum absolute atomic E-state index is 0.0628. The molecule has 1 fully saturated rings. The largest absolute Gasteiger partial charge is 0.392 e. The smallest absolute Gasteiger partial charge is 0.126 e. The normalized spacial score (nSPS) is 25.9. The van der Waals surface area contributed by atoms with Crippen LogP contribution in [0.3, 0.4) is 0 Å². The second-order valence-electron chi connectivity index (χ2n) is 5.71. The van der Waals surface area contributed by atoms with Gasteiger partial charge in [0.25, 0.3) is 0 Å². The molecule has 0 saturated heterocycles. The van der Waals surface area contributed by atoms with E-state index in [0.29, 0.717) is 5.56 Å². The molecular weight excluding hydrogens is 241 g/mol. The van der Waals surface area contributed by atoms with Crippen LogP contribution in [0.25, 0.3) is 0 Å². The molecule has 1 aromatic rings. The molecule has 0 amide bonds. The van der Waals surface area contributed by atoms with Gasteiger partial charge in [-0.3, -0.25) is 0 Å². The Labute approximate surface area is 115 Å². The summed E-state index contributed by atoms with van der Waals surface area (Å²) in [5.41, 5.74) is 1.62. The van der Waals surface area contributed by atoms with Gasteiger partial charge in [-0.1, -0.05) is 31.4 Å². The molecule has 1 aromatic carbocycles. The van der Waals surface area contributed by atoms with E-state index in [2.05, 4.69) is 5.32 Å². The number of aryl methyl sites for hydroxylation is 1. The van der Waals surface area contributed by atoms with Crippen LogP contribution >= 0.6 is 0 Å². The van der Waals surface area contributed by atoms with E-state index in [4.69, 9.17) is 0 Å². The first kappa shape index (κ1) is 14.5. The summed E-state index contributed by atoms with van der Waals surface area (Å²) >= 11 is 0. The van der Waals surface area contributed by atoms with Crippen molar-refractivity contribution in [1.82, 2.24) is 5.32 Å². The maximum absolute atomic E-state index is 13.6. The summed E-state index contributed by atoms with van der Waals surface area (Å²) in [5, 5.41) is 13.6. The van der Waals surface area contributed by atoms with Crippen molar-refractivity contribution in [2.45, 2.75) is 64.1 Å². The Morgan fingerprint density at radius 2 is 2.00 bits per heavy atom. The number of benzene rings is 1. The Bertz CT molecular complexity index is 421. The van der Waals surface area contributed by atoms with Crippen LogP contribution in [0.5, 0.6) is 0 Å². The fourth-order valence-corrected chi connectivity index (χ4v) is 2.78. The van der Waals surface area contributed by atoms with Crippen LogP contribution < -0.4 is 5.32 Å². The minimum Gasteiger partial charge on any atom is -0.392 e. The van der Waals surface area contributed by atoms with Gasteiger partial charge in [0.2, 0.25) is 0 Å². The molecule has 0 aromatic heterocycles. The zero-order valence-corrected chi connectivity index (χ0v) is 11.8. The third-order valence-electron chi connectivity index (χ3n) is 4.14. The lowest BCUT2D eigenvalue weighted by Crippen LogP contribution is -2.40. The Morgan fingerprint density at radius 3 is 2.74 bits per heavy atom. The molecule has 0 spiro atoms. The molecule has 2 N–H and O–H groups in total. The zero-order chi connectivity index (χ0) is 13.8. The van der Waals surface area contributed by atoms with Gasteiger partial charge in [-0.05, 0) is 43.9 Å². The van der Waals surface area contributed by atoms with E-state index in [1.165, 1.54) is 6.42 Å². The molecule has 106 valence electrons. The Morgan fingerprint density at radius 1 is 1.26 bits per heavy atom. The highest BCUT2D eigenvalue weighted by Crippen LogP contribution is 2.22. The monoisotopic (exact) mass is 265 g/mol. The maximum Gasteiger partial charge on any atom is 0.126 e. The van der Waals surface area contributed by atoms with Crippen molar-refractivity contribution >= 4 is 0 Å². The van der Waals surface area contributed by atoms with Crippen LogP contribution in [0, 0.1) is 12.7 Å². The molecule has 0 radical (unpaired) electrons. The third kappa shape index (κ3) is 3.77. The molecule has 1 aliphatic rings. The van der Waals surface area contributed by atoms with Crippen LogP contribution in [-0.2, 0) is 0 Å². The van der Waals surface area contributed by atoms with E-state index in [0.717, 1.165) is 31.2 Å². The van der Waals surface area contributed by atoms with Gasteiger partial charge in [0, 0.05) is 12.1 Å². The second kappa shape index (κ2) is 6.49. The van der Waals surface area contributed by atoms with Gasteiger partial charge in [0.15, 0.2) is 0 Å². The number of halogens is 1. The molecule has 1 aliphatic carbocycles. The van der Waals surface area contributed by atoms with E-state index in [9.17, 15) is 9.50 Å². The van der Waals surface area contributed by atoms with Crippen LogP contribution in [-0.4, -0.2) is 17.3 Å². The van der Waals surface area contributed by atoms with Crippen molar-refractivity contribution in [2.75, 3.05) is 0 Å². The minimum atomic E-state index is -0.278. The molecule has 0 aliphatic heterocycles. The van der Waals surface area contributed by atoms with Gasteiger partial charge in [0.1, 0.15) is 5.82 Å². The van der Waals surface area contributed by atoms with E-state index in [-0.39, 0.29) is 24.0 Å². The number of aliphatic hydroxyl groups is 1. The number of hydrogen-bond donors (Lipinski definition) is 2. The summed E-state index contributed by atoms with van der Waals surface area (Å²) in [4.78, 5) is 0. The van der Waals surface area contributed by atoms with Crippen LogP contribution in [0.15, 0.2) is 18.2 Å². The summed E-state index contributed by atoms with van der Waals surface area (Å²) in [5.74, 6) is -0.160. The maximum atomic E-state index is 13.6. The molecule has 3 heteroatoms. The molecule has 0 bridgehead atoms. The van der Waals surface area contributed by atoms with Crippen molar-refractivity contribution < 1.29 is 9.50 Å². The molecule has 3 unspecified atom stereocenters. The lowest BCUT2D eigenvalue weighted by Gasteiger charge is -2.26. The highest BCUT2D eigenvalue weighted by molar-refractivity contribution is 5.25. The topological polar surface area (TPSA) is 32.3 Å². The van der Waals surface area contributed by atoms with Crippen molar-refractivity contribution in [3.05, 3.63) is 35.1 Å². The van der Waals surface area contributed by atoms with E-state index in [1.54, 1.807) is 13.0 Å². The van der Waals surface area contributed by atoms with Crippen LogP contribution in [0.4, 0.5) is 4.39 Å². The van der Waals surface area contributed by atoms with Crippen molar-refractivity contribution in [3.8, 4) is 0 Å². The number of aliphatic hydroxyl groups excluding tert-OH is 1. The fourth-order valence-electron chi connectivity index (χ4n) is 2.78. The first-order valence-electron chi connectivity index (χ1n) is 7.28. The Balaban J connectivity index is 2.02. The van der Waals surface area contributed by atoms with Crippen LogP contribution in [0.1, 0.15) is 56.2 Å². The highest BCUT2D eigenvalue weighted by atomic mass is 19.1. The lowest BCUT2D eigenvalue weighted by molar-refractivity contribution is 0.115. The lowest BCUT2D eigenvalue weighted by atomic mass is 10.0. The van der Waals surface area contributed by atoms with Gasteiger partial charge in [-0.15, -0.1) is 0 Å².